The van der Waals surface area contributed by atoms with Crippen molar-refractivity contribution >= 4 is 0 Å². The average molecular weight is 231 g/mol. The molecule has 1 atom stereocenters. The molecule has 0 fully saturated rings. The minimum atomic E-state index is 0.0581. The van der Waals surface area contributed by atoms with Crippen LogP contribution in [0.4, 0.5) is 0 Å². The Morgan fingerprint density at radius 3 is 2.65 bits per heavy atom. The number of nitrogens with zero attached hydrogens (tertiary/aromatic N) is 1. The summed E-state index contributed by atoms with van der Waals surface area (Å²) in [4.78, 5) is 0. The Bertz CT molecular complexity index is 367. The molecule has 1 aromatic rings. The van der Waals surface area contributed by atoms with E-state index in [0.29, 0.717) is 0 Å². The fourth-order valence-electron chi connectivity index (χ4n) is 2.04. The van der Waals surface area contributed by atoms with Crippen molar-refractivity contribution in [3.8, 4) is 6.07 Å². The van der Waals surface area contributed by atoms with Crippen LogP contribution in [0.5, 0.6) is 0 Å². The van der Waals surface area contributed by atoms with E-state index in [2.05, 4.69) is 13.0 Å². The first-order valence-corrected chi connectivity index (χ1v) is 6.35. The molecule has 0 aliphatic heterocycles. The molecule has 17 heavy (non-hydrogen) atoms. The van der Waals surface area contributed by atoms with E-state index < -0.39 is 0 Å². The van der Waals surface area contributed by atoms with Gasteiger partial charge in [0, 0.05) is 7.11 Å². The molecule has 2 heteroatoms. The Morgan fingerprint density at radius 2 is 2.00 bits per heavy atom. The third kappa shape index (κ3) is 4.20. The predicted octanol–water partition coefficient (Wildman–Crippen LogP) is 4.22. The first-order chi connectivity index (χ1) is 8.33. The van der Waals surface area contributed by atoms with Crippen LogP contribution in [-0.4, -0.2) is 7.11 Å². The summed E-state index contributed by atoms with van der Waals surface area (Å²) < 4.78 is 5.51. The third-order valence-electron chi connectivity index (χ3n) is 3.03. The van der Waals surface area contributed by atoms with Crippen LogP contribution in [0.15, 0.2) is 24.3 Å². The molecule has 0 aliphatic rings. The number of ether oxygens (including phenoxy) is 1. The summed E-state index contributed by atoms with van der Waals surface area (Å²) in [6.45, 7) is 2.21. The predicted molar refractivity (Wildman–Crippen MR) is 69.7 cm³/mol. The molecular weight excluding hydrogens is 210 g/mol. The van der Waals surface area contributed by atoms with Crippen LogP contribution in [0.2, 0.25) is 0 Å². The van der Waals surface area contributed by atoms with Gasteiger partial charge in [-0.05, 0) is 18.1 Å². The van der Waals surface area contributed by atoms with Crippen LogP contribution in [0.25, 0.3) is 0 Å². The Labute approximate surface area is 104 Å². The zero-order valence-electron chi connectivity index (χ0n) is 10.8. The lowest BCUT2D eigenvalue weighted by Crippen LogP contribution is -2.04. The Kier molecular flexibility index (Phi) is 6.35. The highest BCUT2D eigenvalue weighted by Gasteiger charge is 2.13. The summed E-state index contributed by atoms with van der Waals surface area (Å²) >= 11 is 0. The lowest BCUT2D eigenvalue weighted by atomic mass is 9.98. The van der Waals surface area contributed by atoms with Crippen LogP contribution < -0.4 is 0 Å². The van der Waals surface area contributed by atoms with Crippen molar-refractivity contribution < 1.29 is 4.74 Å². The zero-order chi connectivity index (χ0) is 12.5. The number of rotatable bonds is 7. The summed E-state index contributed by atoms with van der Waals surface area (Å²) in [5, 5.41) is 9.07. The summed E-state index contributed by atoms with van der Waals surface area (Å²) in [6.07, 6.45) is 5.97. The molecule has 1 rings (SSSR count). The molecule has 0 aromatic heterocycles. The minimum Gasteiger partial charge on any atom is -0.377 e. The normalized spacial score (nSPS) is 12.1. The van der Waals surface area contributed by atoms with Crippen molar-refractivity contribution in [2.24, 2.45) is 0 Å². The molecule has 1 unspecified atom stereocenters. The zero-order valence-corrected chi connectivity index (χ0v) is 10.8. The van der Waals surface area contributed by atoms with E-state index in [9.17, 15) is 0 Å². The monoisotopic (exact) mass is 231 g/mol. The van der Waals surface area contributed by atoms with Gasteiger partial charge >= 0.3 is 0 Å². The lowest BCUT2D eigenvalue weighted by molar-refractivity contribution is 0.0929. The molecule has 0 radical (unpaired) electrons. The van der Waals surface area contributed by atoms with Crippen LogP contribution in [-0.2, 0) is 4.74 Å². The molecule has 0 saturated carbocycles. The Hall–Kier alpha value is -1.33. The second kappa shape index (κ2) is 7.86. The van der Waals surface area contributed by atoms with Crippen LogP contribution in [0.1, 0.15) is 56.3 Å². The summed E-state index contributed by atoms with van der Waals surface area (Å²) in [5.41, 5.74) is 1.75. The number of benzene rings is 1. The molecule has 1 aromatic carbocycles. The fourth-order valence-corrected chi connectivity index (χ4v) is 2.04. The van der Waals surface area contributed by atoms with Gasteiger partial charge in [-0.2, -0.15) is 5.26 Å². The number of methoxy groups -OCH3 is 1. The minimum absolute atomic E-state index is 0.0581. The Morgan fingerprint density at radius 1 is 1.24 bits per heavy atom. The SMILES string of the molecule is CCCCCCC(OC)c1ccccc1C#N. The van der Waals surface area contributed by atoms with Crippen LogP contribution >= 0.6 is 0 Å². The van der Waals surface area contributed by atoms with Crippen molar-refractivity contribution in [2.45, 2.75) is 45.1 Å². The molecule has 2 nitrogen and oxygen atoms in total. The molecule has 0 amide bonds. The maximum Gasteiger partial charge on any atom is 0.0995 e. The van der Waals surface area contributed by atoms with Gasteiger partial charge in [0.2, 0.25) is 0 Å². The van der Waals surface area contributed by atoms with Crippen LogP contribution in [0.3, 0.4) is 0 Å². The smallest absolute Gasteiger partial charge is 0.0995 e. The molecule has 92 valence electrons. The molecule has 0 bridgehead atoms. The maximum absolute atomic E-state index is 9.07. The van der Waals surface area contributed by atoms with E-state index in [1.165, 1.54) is 19.3 Å². The standard InChI is InChI=1S/C15H21NO/c1-3-4-5-6-11-15(17-2)14-10-8-7-9-13(14)12-16/h7-10,15H,3-6,11H2,1-2H3. The summed E-state index contributed by atoms with van der Waals surface area (Å²) in [5.74, 6) is 0. The third-order valence-corrected chi connectivity index (χ3v) is 3.03. The Balaban J connectivity index is 2.63. The van der Waals surface area contributed by atoms with Crippen molar-refractivity contribution in [1.82, 2.24) is 0 Å². The quantitative estimate of drug-likeness (QED) is 0.658. The highest BCUT2D eigenvalue weighted by molar-refractivity contribution is 5.38. The van der Waals surface area contributed by atoms with E-state index in [0.717, 1.165) is 24.0 Å². The maximum atomic E-state index is 9.07. The van der Waals surface area contributed by atoms with E-state index in [-0.39, 0.29) is 6.10 Å². The molecular formula is C15H21NO. The number of unbranched alkanes of at least 4 members (excludes halogenated alkanes) is 3. The lowest BCUT2D eigenvalue weighted by Gasteiger charge is -2.16. The van der Waals surface area contributed by atoms with Crippen molar-refractivity contribution in [3.63, 3.8) is 0 Å². The van der Waals surface area contributed by atoms with Gasteiger partial charge in [0.05, 0.1) is 17.7 Å². The first-order valence-electron chi connectivity index (χ1n) is 6.35. The van der Waals surface area contributed by atoms with Gasteiger partial charge in [0.25, 0.3) is 0 Å². The highest BCUT2D eigenvalue weighted by Crippen LogP contribution is 2.25. The van der Waals surface area contributed by atoms with E-state index >= 15 is 0 Å². The molecule has 0 spiro atoms. The van der Waals surface area contributed by atoms with Gasteiger partial charge in [0.1, 0.15) is 0 Å². The second-order valence-electron chi connectivity index (χ2n) is 4.27. The fraction of sp³-hybridized carbons (Fsp3) is 0.533. The second-order valence-corrected chi connectivity index (χ2v) is 4.27. The number of hydrogen-bond donors (Lipinski definition) is 0. The van der Waals surface area contributed by atoms with E-state index in [4.69, 9.17) is 10.00 Å². The molecule has 0 aliphatic carbocycles. The van der Waals surface area contributed by atoms with Crippen molar-refractivity contribution in [1.29, 1.82) is 5.26 Å². The van der Waals surface area contributed by atoms with E-state index in [1.807, 2.05) is 24.3 Å². The van der Waals surface area contributed by atoms with Crippen molar-refractivity contribution in [3.05, 3.63) is 35.4 Å². The van der Waals surface area contributed by atoms with Gasteiger partial charge in [-0.15, -0.1) is 0 Å². The number of hydrogen-bond acceptors (Lipinski definition) is 2. The van der Waals surface area contributed by atoms with Gasteiger partial charge in [-0.25, -0.2) is 0 Å². The largest absolute Gasteiger partial charge is 0.377 e. The molecule has 0 saturated heterocycles. The topological polar surface area (TPSA) is 33.0 Å². The van der Waals surface area contributed by atoms with Crippen molar-refractivity contribution in [2.75, 3.05) is 7.11 Å². The van der Waals surface area contributed by atoms with E-state index in [1.54, 1.807) is 7.11 Å². The van der Waals surface area contributed by atoms with Crippen LogP contribution in [0, 0.1) is 11.3 Å². The summed E-state index contributed by atoms with van der Waals surface area (Å²) in [6, 6.07) is 9.94. The van der Waals surface area contributed by atoms with Gasteiger partial charge in [-0.3, -0.25) is 0 Å². The van der Waals surface area contributed by atoms with Gasteiger partial charge in [-0.1, -0.05) is 50.8 Å². The molecule has 0 N–H and O–H groups in total. The number of nitriles is 1. The average Bonchev–Trinajstić information content (AvgIpc) is 2.39. The highest BCUT2D eigenvalue weighted by atomic mass is 16.5. The van der Waals surface area contributed by atoms with Gasteiger partial charge in [0.15, 0.2) is 0 Å². The first kappa shape index (κ1) is 13.7. The summed E-state index contributed by atoms with van der Waals surface area (Å²) in [7, 11) is 1.72. The molecule has 0 heterocycles. The van der Waals surface area contributed by atoms with Gasteiger partial charge < -0.3 is 4.74 Å².